The molecule has 0 unspecified atom stereocenters. The number of anilines is 1. The molecule has 0 aliphatic carbocycles. The molecule has 3 rings (SSSR count). The first-order valence-corrected chi connectivity index (χ1v) is 9.51. The van der Waals surface area contributed by atoms with E-state index in [2.05, 4.69) is 31.9 Å². The molecule has 7 heteroatoms. The van der Waals surface area contributed by atoms with Crippen molar-refractivity contribution in [3.63, 3.8) is 0 Å². The fourth-order valence-corrected chi connectivity index (χ4v) is 3.90. The highest BCUT2D eigenvalue weighted by atomic mass is 35.5. The van der Waals surface area contributed by atoms with Crippen LogP contribution in [0.15, 0.2) is 35.0 Å². The zero-order chi connectivity index (χ0) is 16.9. The average Bonchev–Trinajstić information content (AvgIpc) is 3.06. The van der Waals surface area contributed by atoms with Gasteiger partial charge >= 0.3 is 0 Å². The summed E-state index contributed by atoms with van der Waals surface area (Å²) in [4.78, 5) is 16.8. The van der Waals surface area contributed by atoms with Gasteiger partial charge in [0, 0.05) is 32.7 Å². The van der Waals surface area contributed by atoms with Gasteiger partial charge < -0.3 is 5.32 Å². The second kappa shape index (κ2) is 8.32. The van der Waals surface area contributed by atoms with Crippen LogP contribution in [0.25, 0.3) is 0 Å². The number of hydrogen-bond donors (Lipinski definition) is 1. The van der Waals surface area contributed by atoms with Crippen molar-refractivity contribution in [3.8, 4) is 0 Å². The van der Waals surface area contributed by atoms with Gasteiger partial charge in [0.2, 0.25) is 5.91 Å². The molecule has 2 heterocycles. The fourth-order valence-electron chi connectivity index (χ4n) is 2.75. The first-order valence-electron chi connectivity index (χ1n) is 7.81. The fraction of sp³-hybridized carbons (Fsp3) is 0.353. The number of rotatable bonds is 5. The number of amides is 1. The van der Waals surface area contributed by atoms with Crippen LogP contribution in [-0.4, -0.2) is 48.4 Å². The largest absolute Gasteiger partial charge is 0.322 e. The number of benzene rings is 1. The lowest BCUT2D eigenvalue weighted by Crippen LogP contribution is -2.48. The van der Waals surface area contributed by atoms with Crippen molar-refractivity contribution in [2.45, 2.75) is 6.54 Å². The molecular weight excluding hydrogens is 365 g/mol. The highest BCUT2D eigenvalue weighted by molar-refractivity contribution is 7.07. The predicted octanol–water partition coefficient (Wildman–Crippen LogP) is 3.81. The Bertz CT molecular complexity index is 665. The Morgan fingerprint density at radius 2 is 1.75 bits per heavy atom. The highest BCUT2D eigenvalue weighted by Crippen LogP contribution is 2.29. The summed E-state index contributed by atoms with van der Waals surface area (Å²) in [5, 5.41) is 8.02. The van der Waals surface area contributed by atoms with Crippen molar-refractivity contribution in [1.29, 1.82) is 0 Å². The molecule has 1 N–H and O–H groups in total. The topological polar surface area (TPSA) is 35.6 Å². The molecule has 1 saturated heterocycles. The van der Waals surface area contributed by atoms with Gasteiger partial charge in [0.15, 0.2) is 0 Å². The van der Waals surface area contributed by atoms with Crippen LogP contribution in [0.4, 0.5) is 5.69 Å². The molecule has 24 heavy (non-hydrogen) atoms. The number of para-hydroxylation sites is 1. The SMILES string of the molecule is O=C(CN1CCN(Cc2ccsc2)CC1)Nc1c(Cl)cccc1Cl. The van der Waals surface area contributed by atoms with Crippen LogP contribution in [0.5, 0.6) is 0 Å². The van der Waals surface area contributed by atoms with Gasteiger partial charge in [-0.3, -0.25) is 14.6 Å². The summed E-state index contributed by atoms with van der Waals surface area (Å²) >= 11 is 13.9. The normalized spacial score (nSPS) is 16.2. The Hall–Kier alpha value is -1.11. The van der Waals surface area contributed by atoms with E-state index in [1.54, 1.807) is 29.5 Å². The summed E-state index contributed by atoms with van der Waals surface area (Å²) < 4.78 is 0. The molecule has 0 bridgehead atoms. The molecule has 0 radical (unpaired) electrons. The van der Waals surface area contributed by atoms with Gasteiger partial charge in [0.25, 0.3) is 0 Å². The van der Waals surface area contributed by atoms with Gasteiger partial charge in [-0.15, -0.1) is 0 Å². The number of nitrogens with zero attached hydrogens (tertiary/aromatic N) is 2. The zero-order valence-electron chi connectivity index (χ0n) is 13.2. The van der Waals surface area contributed by atoms with E-state index < -0.39 is 0 Å². The Labute approximate surface area is 156 Å². The third-order valence-electron chi connectivity index (χ3n) is 4.05. The van der Waals surface area contributed by atoms with E-state index in [9.17, 15) is 4.79 Å². The summed E-state index contributed by atoms with van der Waals surface area (Å²) in [5.74, 6) is -0.0868. The summed E-state index contributed by atoms with van der Waals surface area (Å²) in [6, 6.07) is 7.35. The lowest BCUT2D eigenvalue weighted by molar-refractivity contribution is -0.117. The number of hydrogen-bond acceptors (Lipinski definition) is 4. The molecule has 1 fully saturated rings. The number of carbonyl (C=O) groups is 1. The summed E-state index contributed by atoms with van der Waals surface area (Å²) in [6.07, 6.45) is 0. The van der Waals surface area contributed by atoms with Crippen molar-refractivity contribution in [2.24, 2.45) is 0 Å². The van der Waals surface area contributed by atoms with E-state index in [0.717, 1.165) is 32.7 Å². The maximum atomic E-state index is 12.2. The summed E-state index contributed by atoms with van der Waals surface area (Å²) in [7, 11) is 0. The number of halogens is 2. The second-order valence-corrected chi connectivity index (χ2v) is 7.42. The van der Waals surface area contributed by atoms with Gasteiger partial charge in [-0.2, -0.15) is 11.3 Å². The Kier molecular flexibility index (Phi) is 6.14. The van der Waals surface area contributed by atoms with E-state index in [1.807, 2.05) is 0 Å². The van der Waals surface area contributed by atoms with Gasteiger partial charge in [0.1, 0.15) is 0 Å². The smallest absolute Gasteiger partial charge is 0.238 e. The molecule has 1 aromatic heterocycles. The monoisotopic (exact) mass is 383 g/mol. The lowest BCUT2D eigenvalue weighted by atomic mass is 10.2. The molecule has 2 aromatic rings. The number of piperazine rings is 1. The van der Waals surface area contributed by atoms with E-state index >= 15 is 0 Å². The second-order valence-electron chi connectivity index (χ2n) is 5.83. The molecule has 0 saturated carbocycles. The average molecular weight is 384 g/mol. The van der Waals surface area contributed by atoms with Gasteiger partial charge in [-0.25, -0.2) is 0 Å². The van der Waals surface area contributed by atoms with Crippen LogP contribution < -0.4 is 5.32 Å². The highest BCUT2D eigenvalue weighted by Gasteiger charge is 2.20. The van der Waals surface area contributed by atoms with Crippen LogP contribution in [-0.2, 0) is 11.3 Å². The van der Waals surface area contributed by atoms with Gasteiger partial charge in [-0.1, -0.05) is 29.3 Å². The van der Waals surface area contributed by atoms with Crippen LogP contribution in [0, 0.1) is 0 Å². The molecule has 128 valence electrons. The number of thiophene rings is 1. The Morgan fingerprint density at radius 3 is 2.38 bits per heavy atom. The van der Waals surface area contributed by atoms with Crippen LogP contribution in [0.2, 0.25) is 10.0 Å². The van der Waals surface area contributed by atoms with Gasteiger partial charge in [0.05, 0.1) is 22.3 Å². The van der Waals surface area contributed by atoms with Crippen molar-refractivity contribution in [2.75, 3.05) is 38.0 Å². The first kappa shape index (κ1) is 17.7. The molecular formula is C17H19Cl2N3OS. The Morgan fingerprint density at radius 1 is 1.08 bits per heavy atom. The van der Waals surface area contributed by atoms with Crippen LogP contribution >= 0.6 is 34.5 Å². The van der Waals surface area contributed by atoms with Crippen LogP contribution in [0.3, 0.4) is 0 Å². The molecule has 0 atom stereocenters. The standard InChI is InChI=1S/C17H19Cl2N3OS/c18-14-2-1-3-15(19)17(14)20-16(23)11-22-7-5-21(6-8-22)10-13-4-9-24-12-13/h1-4,9,12H,5-8,10-11H2,(H,20,23). The quantitative estimate of drug-likeness (QED) is 0.852. The minimum Gasteiger partial charge on any atom is -0.322 e. The van der Waals surface area contributed by atoms with Crippen molar-refractivity contribution >= 4 is 46.1 Å². The third kappa shape index (κ3) is 4.71. The van der Waals surface area contributed by atoms with Crippen LogP contribution in [0.1, 0.15) is 5.56 Å². The maximum absolute atomic E-state index is 12.2. The van der Waals surface area contributed by atoms with E-state index in [-0.39, 0.29) is 5.91 Å². The third-order valence-corrected chi connectivity index (χ3v) is 5.41. The predicted molar refractivity (Wildman–Crippen MR) is 101 cm³/mol. The van der Waals surface area contributed by atoms with Crippen molar-refractivity contribution in [3.05, 3.63) is 50.6 Å². The minimum atomic E-state index is -0.0868. The Balaban J connectivity index is 1.46. The molecule has 1 amide bonds. The molecule has 1 aromatic carbocycles. The van der Waals surface area contributed by atoms with Gasteiger partial charge in [-0.05, 0) is 34.5 Å². The summed E-state index contributed by atoms with van der Waals surface area (Å²) in [6.45, 7) is 5.04. The zero-order valence-corrected chi connectivity index (χ0v) is 15.5. The number of carbonyl (C=O) groups excluding carboxylic acids is 1. The molecule has 1 aliphatic rings. The van der Waals surface area contributed by atoms with Crippen molar-refractivity contribution in [1.82, 2.24) is 9.80 Å². The van der Waals surface area contributed by atoms with E-state index in [0.29, 0.717) is 22.3 Å². The first-order chi connectivity index (χ1) is 11.6. The van der Waals surface area contributed by atoms with Crippen molar-refractivity contribution < 1.29 is 4.79 Å². The minimum absolute atomic E-state index is 0.0868. The molecule has 1 aliphatic heterocycles. The number of nitrogens with one attached hydrogen (secondary N) is 1. The van der Waals surface area contributed by atoms with E-state index in [4.69, 9.17) is 23.2 Å². The molecule has 0 spiro atoms. The molecule has 4 nitrogen and oxygen atoms in total. The maximum Gasteiger partial charge on any atom is 0.238 e. The van der Waals surface area contributed by atoms with E-state index in [1.165, 1.54) is 5.56 Å². The summed E-state index contributed by atoms with van der Waals surface area (Å²) in [5.41, 5.74) is 1.85. The lowest BCUT2D eigenvalue weighted by Gasteiger charge is -2.34.